The summed E-state index contributed by atoms with van der Waals surface area (Å²) in [5, 5.41) is 21.3. The fraction of sp³-hybridized carbons (Fsp3) is 0.471. The molecule has 0 aliphatic carbocycles. The van der Waals surface area contributed by atoms with Crippen LogP contribution in [0.3, 0.4) is 0 Å². The number of nitrogens with zero attached hydrogens (tertiary/aromatic N) is 2. The van der Waals surface area contributed by atoms with E-state index in [1.807, 2.05) is 30.3 Å². The molecule has 0 radical (unpaired) electrons. The molecule has 2 amide bonds. The molecule has 142 valence electrons. The van der Waals surface area contributed by atoms with Crippen LogP contribution < -0.4 is 11.1 Å². The van der Waals surface area contributed by atoms with E-state index in [1.165, 1.54) is 11.2 Å². The summed E-state index contributed by atoms with van der Waals surface area (Å²) >= 11 is 0. The van der Waals surface area contributed by atoms with E-state index >= 15 is 0 Å². The molecule has 0 aliphatic rings. The van der Waals surface area contributed by atoms with Crippen molar-refractivity contribution in [2.45, 2.75) is 31.6 Å². The van der Waals surface area contributed by atoms with Crippen LogP contribution in [-0.4, -0.2) is 66.3 Å². The summed E-state index contributed by atoms with van der Waals surface area (Å²) < 4.78 is 0. The van der Waals surface area contributed by atoms with Crippen molar-refractivity contribution >= 4 is 25.3 Å². The van der Waals surface area contributed by atoms with Crippen molar-refractivity contribution in [3.63, 3.8) is 0 Å². The Balaban J connectivity index is 2.39. The van der Waals surface area contributed by atoms with Crippen molar-refractivity contribution in [2.75, 3.05) is 20.1 Å². The molecular formula is C17H27BN4O4. The third kappa shape index (κ3) is 8.64. The van der Waals surface area contributed by atoms with Crippen LogP contribution >= 0.6 is 0 Å². The lowest BCUT2D eigenvalue weighted by Crippen LogP contribution is -2.49. The van der Waals surface area contributed by atoms with E-state index in [0.29, 0.717) is 32.2 Å². The van der Waals surface area contributed by atoms with Gasteiger partial charge < -0.3 is 26.0 Å². The molecular weight excluding hydrogens is 335 g/mol. The number of aryl methyl sites for hydroxylation is 1. The van der Waals surface area contributed by atoms with Gasteiger partial charge in [-0.25, -0.2) is 0 Å². The SMILES string of the molecule is CN(CC(=O)N[C@@H](CCCN=CN)B(O)O)C(=O)CCc1ccccc1. The Morgan fingerprint density at radius 1 is 1.35 bits per heavy atom. The number of carbonyl (C=O) groups excluding carboxylic acids is 2. The molecule has 0 fully saturated rings. The van der Waals surface area contributed by atoms with E-state index in [9.17, 15) is 19.6 Å². The highest BCUT2D eigenvalue weighted by atomic mass is 16.4. The number of hydrogen-bond donors (Lipinski definition) is 4. The minimum absolute atomic E-state index is 0.141. The van der Waals surface area contributed by atoms with Gasteiger partial charge in [0.05, 0.1) is 18.8 Å². The molecule has 8 nitrogen and oxygen atoms in total. The van der Waals surface area contributed by atoms with Gasteiger partial charge in [-0.1, -0.05) is 30.3 Å². The molecule has 0 saturated heterocycles. The van der Waals surface area contributed by atoms with Crippen LogP contribution in [0, 0.1) is 0 Å². The smallest absolute Gasteiger partial charge is 0.426 e. The first-order valence-corrected chi connectivity index (χ1v) is 8.57. The van der Waals surface area contributed by atoms with E-state index in [0.717, 1.165) is 5.56 Å². The number of amides is 2. The Kier molecular flexibility index (Phi) is 10.0. The fourth-order valence-electron chi connectivity index (χ4n) is 2.42. The van der Waals surface area contributed by atoms with E-state index in [1.54, 1.807) is 7.05 Å². The van der Waals surface area contributed by atoms with Crippen molar-refractivity contribution in [2.24, 2.45) is 10.7 Å². The largest absolute Gasteiger partial charge is 0.475 e. The fourth-order valence-corrected chi connectivity index (χ4v) is 2.42. The standard InChI is InChI=1S/C17H27BN4O4/c1-22(17(24)10-9-14-6-3-2-4-7-14)12-16(23)21-15(18(25)26)8-5-11-20-13-19/h2-4,6-7,13,15,25-26H,5,8-12H2,1H3,(H2,19,20)(H,21,23)/t15-/m0/s1. The van der Waals surface area contributed by atoms with Crippen LogP contribution in [0.2, 0.25) is 0 Å². The molecule has 0 saturated carbocycles. The quantitative estimate of drug-likeness (QED) is 0.180. The first-order chi connectivity index (χ1) is 12.4. The van der Waals surface area contributed by atoms with Gasteiger partial charge in [-0.2, -0.15) is 0 Å². The number of nitrogens with one attached hydrogen (secondary N) is 1. The second-order valence-electron chi connectivity index (χ2n) is 6.02. The lowest BCUT2D eigenvalue weighted by Gasteiger charge is -2.21. The number of aliphatic imine (C=N–C) groups is 1. The number of benzene rings is 1. The zero-order valence-electron chi connectivity index (χ0n) is 15.0. The van der Waals surface area contributed by atoms with Gasteiger partial charge >= 0.3 is 7.12 Å². The Morgan fingerprint density at radius 3 is 2.65 bits per heavy atom. The summed E-state index contributed by atoms with van der Waals surface area (Å²) in [4.78, 5) is 29.3. The molecule has 5 N–H and O–H groups in total. The average Bonchev–Trinajstić information content (AvgIpc) is 2.62. The number of nitrogens with two attached hydrogens (primary N) is 1. The van der Waals surface area contributed by atoms with Gasteiger partial charge in [0, 0.05) is 20.0 Å². The van der Waals surface area contributed by atoms with Crippen LogP contribution in [0.15, 0.2) is 35.3 Å². The van der Waals surface area contributed by atoms with Gasteiger partial charge in [0.15, 0.2) is 0 Å². The Labute approximate surface area is 154 Å². The van der Waals surface area contributed by atoms with Crippen LogP contribution in [0.1, 0.15) is 24.8 Å². The van der Waals surface area contributed by atoms with Gasteiger partial charge in [0.25, 0.3) is 0 Å². The summed E-state index contributed by atoms with van der Waals surface area (Å²) in [5.41, 5.74) is 6.19. The van der Waals surface area contributed by atoms with Gasteiger partial charge in [-0.15, -0.1) is 0 Å². The van der Waals surface area contributed by atoms with Crippen molar-refractivity contribution < 1.29 is 19.6 Å². The Bertz CT molecular complexity index is 583. The number of carbonyl (C=O) groups is 2. The monoisotopic (exact) mass is 362 g/mol. The Morgan fingerprint density at radius 2 is 2.04 bits per heavy atom. The van der Waals surface area contributed by atoms with E-state index in [4.69, 9.17) is 5.73 Å². The summed E-state index contributed by atoms with van der Waals surface area (Å²) in [6, 6.07) is 9.63. The maximum Gasteiger partial charge on any atom is 0.475 e. The predicted octanol–water partition coefficient (Wildman–Crippen LogP) is -0.658. The van der Waals surface area contributed by atoms with Gasteiger partial charge in [-0.3, -0.25) is 14.6 Å². The third-order valence-corrected chi connectivity index (χ3v) is 3.89. The minimum atomic E-state index is -1.68. The van der Waals surface area contributed by atoms with E-state index in [2.05, 4.69) is 10.3 Å². The van der Waals surface area contributed by atoms with E-state index < -0.39 is 19.0 Å². The number of rotatable bonds is 11. The highest BCUT2D eigenvalue weighted by Gasteiger charge is 2.25. The highest BCUT2D eigenvalue weighted by molar-refractivity contribution is 6.43. The van der Waals surface area contributed by atoms with Crippen LogP contribution in [0.5, 0.6) is 0 Å². The summed E-state index contributed by atoms with van der Waals surface area (Å²) in [7, 11) is -0.132. The van der Waals surface area contributed by atoms with Crippen molar-refractivity contribution in [1.82, 2.24) is 10.2 Å². The van der Waals surface area contributed by atoms with Gasteiger partial charge in [-0.05, 0) is 24.8 Å². The van der Waals surface area contributed by atoms with Crippen molar-refractivity contribution in [3.8, 4) is 0 Å². The van der Waals surface area contributed by atoms with Crippen LogP contribution in [0.25, 0.3) is 0 Å². The second-order valence-corrected chi connectivity index (χ2v) is 6.02. The molecule has 0 aliphatic heterocycles. The lowest BCUT2D eigenvalue weighted by molar-refractivity contribution is -0.134. The van der Waals surface area contributed by atoms with Crippen LogP contribution in [0.4, 0.5) is 0 Å². The first-order valence-electron chi connectivity index (χ1n) is 8.57. The molecule has 0 spiro atoms. The summed E-state index contributed by atoms with van der Waals surface area (Å²) in [6.45, 7) is 0.297. The normalized spacial score (nSPS) is 12.0. The molecule has 0 bridgehead atoms. The Hall–Kier alpha value is -2.39. The first kappa shape index (κ1) is 21.7. The van der Waals surface area contributed by atoms with Gasteiger partial charge in [0.2, 0.25) is 11.8 Å². The van der Waals surface area contributed by atoms with Crippen molar-refractivity contribution in [1.29, 1.82) is 0 Å². The third-order valence-electron chi connectivity index (χ3n) is 3.89. The number of likely N-dealkylation sites (N-methyl/N-ethyl adjacent to an activating group) is 1. The zero-order chi connectivity index (χ0) is 19.4. The molecule has 0 aromatic heterocycles. The maximum absolute atomic E-state index is 12.1. The molecule has 1 aromatic carbocycles. The van der Waals surface area contributed by atoms with Gasteiger partial charge in [0.1, 0.15) is 0 Å². The molecule has 9 heteroatoms. The summed E-state index contributed by atoms with van der Waals surface area (Å²) in [6.07, 6.45) is 2.97. The predicted molar refractivity (Wildman–Crippen MR) is 101 cm³/mol. The molecule has 1 aromatic rings. The summed E-state index contributed by atoms with van der Waals surface area (Å²) in [5.74, 6) is -1.41. The molecule has 1 atom stereocenters. The van der Waals surface area contributed by atoms with E-state index in [-0.39, 0.29) is 12.5 Å². The number of hydrogen-bond acceptors (Lipinski definition) is 5. The molecule has 26 heavy (non-hydrogen) atoms. The lowest BCUT2D eigenvalue weighted by atomic mass is 9.76. The highest BCUT2D eigenvalue weighted by Crippen LogP contribution is 2.04. The topological polar surface area (TPSA) is 128 Å². The second kappa shape index (κ2) is 12.0. The average molecular weight is 362 g/mol. The molecule has 0 heterocycles. The molecule has 1 rings (SSSR count). The molecule has 0 unspecified atom stereocenters. The maximum atomic E-state index is 12.1. The van der Waals surface area contributed by atoms with Crippen LogP contribution in [-0.2, 0) is 16.0 Å². The zero-order valence-corrected chi connectivity index (χ0v) is 15.0. The minimum Gasteiger partial charge on any atom is -0.426 e. The van der Waals surface area contributed by atoms with Crippen molar-refractivity contribution in [3.05, 3.63) is 35.9 Å².